The van der Waals surface area contributed by atoms with Gasteiger partial charge in [0.25, 0.3) is 5.91 Å². The minimum absolute atomic E-state index is 0.0808. The summed E-state index contributed by atoms with van der Waals surface area (Å²) in [5, 5.41) is 4.43. The number of furan rings is 1. The molecule has 10 nitrogen and oxygen atoms in total. The monoisotopic (exact) mass is 448 g/mol. The first kappa shape index (κ1) is 22.2. The van der Waals surface area contributed by atoms with Gasteiger partial charge in [-0.25, -0.2) is 4.79 Å². The molecule has 0 saturated carbocycles. The van der Waals surface area contributed by atoms with E-state index in [0.717, 1.165) is 16.2 Å². The van der Waals surface area contributed by atoms with E-state index in [0.29, 0.717) is 11.3 Å². The number of carbonyl (C=O) groups is 5. The van der Waals surface area contributed by atoms with Gasteiger partial charge in [-0.05, 0) is 19.1 Å². The summed E-state index contributed by atoms with van der Waals surface area (Å²) in [6, 6.07) is 3.34. The van der Waals surface area contributed by atoms with E-state index in [-0.39, 0.29) is 54.8 Å². The Labute approximate surface area is 181 Å². The number of anilines is 1. The van der Waals surface area contributed by atoms with E-state index in [1.165, 1.54) is 6.26 Å². The number of thiophene rings is 1. The molecule has 11 heteroatoms. The maximum absolute atomic E-state index is 12.4. The number of hydrogen-bond acceptors (Lipinski definition) is 9. The lowest BCUT2D eigenvalue weighted by Crippen LogP contribution is -2.32. The number of carbonyl (C=O) groups excluding carboxylic acids is 5. The van der Waals surface area contributed by atoms with E-state index in [9.17, 15) is 24.0 Å². The highest BCUT2D eigenvalue weighted by Crippen LogP contribution is 2.36. The predicted octanol–water partition coefficient (Wildman–Crippen LogP) is 2.21. The Hall–Kier alpha value is -3.47. The van der Waals surface area contributed by atoms with Gasteiger partial charge in [0.1, 0.15) is 16.3 Å². The van der Waals surface area contributed by atoms with Gasteiger partial charge in [-0.3, -0.25) is 24.1 Å². The second-order valence-corrected chi connectivity index (χ2v) is 7.33. The predicted molar refractivity (Wildman–Crippen MR) is 108 cm³/mol. The van der Waals surface area contributed by atoms with Gasteiger partial charge in [0.2, 0.25) is 11.8 Å². The molecular formula is C20H20N2O8S. The molecule has 1 aliphatic rings. The summed E-state index contributed by atoms with van der Waals surface area (Å²) in [6.07, 6.45) is 1.53. The van der Waals surface area contributed by atoms with Crippen LogP contribution < -0.4 is 5.32 Å². The lowest BCUT2D eigenvalue weighted by Gasteiger charge is -2.13. The largest absolute Gasteiger partial charge is 0.464 e. The van der Waals surface area contributed by atoms with Crippen LogP contribution in [-0.2, 0) is 28.7 Å². The highest BCUT2D eigenvalue weighted by Gasteiger charge is 2.29. The first-order chi connectivity index (χ1) is 14.9. The summed E-state index contributed by atoms with van der Waals surface area (Å²) < 4.78 is 15.3. The summed E-state index contributed by atoms with van der Waals surface area (Å²) >= 11 is 1.10. The van der Waals surface area contributed by atoms with Crippen molar-refractivity contribution in [3.05, 3.63) is 29.3 Å². The maximum Gasteiger partial charge on any atom is 0.341 e. The van der Waals surface area contributed by atoms with Crippen molar-refractivity contribution in [1.29, 1.82) is 0 Å². The quantitative estimate of drug-likeness (QED) is 0.456. The van der Waals surface area contributed by atoms with Crippen LogP contribution in [0.15, 0.2) is 28.2 Å². The van der Waals surface area contributed by atoms with Gasteiger partial charge < -0.3 is 19.2 Å². The van der Waals surface area contributed by atoms with Gasteiger partial charge in [0.15, 0.2) is 6.61 Å². The highest BCUT2D eigenvalue weighted by atomic mass is 32.1. The molecule has 2 aromatic rings. The van der Waals surface area contributed by atoms with Crippen LogP contribution in [0.4, 0.5) is 5.00 Å². The van der Waals surface area contributed by atoms with E-state index in [1.54, 1.807) is 24.4 Å². The molecule has 0 aliphatic carbocycles. The summed E-state index contributed by atoms with van der Waals surface area (Å²) in [4.78, 5) is 60.6. The third-order valence-corrected chi connectivity index (χ3v) is 5.26. The van der Waals surface area contributed by atoms with Crippen molar-refractivity contribution < 1.29 is 37.9 Å². The Morgan fingerprint density at radius 3 is 2.58 bits per heavy atom. The molecule has 0 spiro atoms. The zero-order valence-corrected chi connectivity index (χ0v) is 17.5. The number of likely N-dealkylation sites (tertiary alicyclic amines) is 1. The maximum atomic E-state index is 12.4. The molecule has 3 heterocycles. The number of nitrogens with one attached hydrogen (secondary N) is 1. The van der Waals surface area contributed by atoms with Crippen LogP contribution in [0.25, 0.3) is 11.3 Å². The van der Waals surface area contributed by atoms with E-state index in [2.05, 4.69) is 5.32 Å². The number of imide groups is 1. The van der Waals surface area contributed by atoms with Gasteiger partial charge >= 0.3 is 11.9 Å². The lowest BCUT2D eigenvalue weighted by atomic mass is 10.1. The minimum atomic E-state index is -0.726. The Morgan fingerprint density at radius 2 is 1.94 bits per heavy atom. The first-order valence-corrected chi connectivity index (χ1v) is 10.4. The van der Waals surface area contributed by atoms with Gasteiger partial charge in [-0.15, -0.1) is 11.3 Å². The second kappa shape index (κ2) is 10.0. The molecule has 0 radical (unpaired) electrons. The van der Waals surface area contributed by atoms with Crippen LogP contribution in [0.2, 0.25) is 0 Å². The van der Waals surface area contributed by atoms with Crippen molar-refractivity contribution in [1.82, 2.24) is 4.90 Å². The van der Waals surface area contributed by atoms with Crippen LogP contribution in [0.1, 0.15) is 36.5 Å². The van der Waals surface area contributed by atoms with Crippen molar-refractivity contribution >= 4 is 46.0 Å². The fourth-order valence-corrected chi connectivity index (χ4v) is 3.88. The van der Waals surface area contributed by atoms with Crippen molar-refractivity contribution in [2.45, 2.75) is 26.2 Å². The minimum Gasteiger partial charge on any atom is -0.464 e. The van der Waals surface area contributed by atoms with Crippen molar-refractivity contribution in [3.8, 4) is 11.3 Å². The summed E-state index contributed by atoms with van der Waals surface area (Å²) in [6.45, 7) is 1.15. The zero-order chi connectivity index (χ0) is 22.4. The Bertz CT molecular complexity index is 979. The average molecular weight is 448 g/mol. The van der Waals surface area contributed by atoms with Crippen LogP contribution in [-0.4, -0.2) is 54.3 Å². The van der Waals surface area contributed by atoms with E-state index < -0.39 is 24.5 Å². The van der Waals surface area contributed by atoms with E-state index in [1.807, 2.05) is 0 Å². The molecule has 0 atom stereocenters. The van der Waals surface area contributed by atoms with Crippen LogP contribution in [0.5, 0.6) is 0 Å². The third-order valence-electron chi connectivity index (χ3n) is 4.37. The topological polar surface area (TPSA) is 132 Å². The summed E-state index contributed by atoms with van der Waals surface area (Å²) in [5.41, 5.74) is 0.619. The normalized spacial score (nSPS) is 13.4. The standard InChI is InChI=1S/C20H20N2O8S/c1-2-28-20(27)18-12(13-4-3-9-29-13)11-31-19(18)21-14(23)10-30-17(26)7-8-22-15(24)5-6-16(22)25/h3-4,9,11H,2,5-8,10H2,1H3,(H,21,23). The number of esters is 2. The molecule has 1 fully saturated rings. The number of ether oxygens (including phenoxy) is 2. The highest BCUT2D eigenvalue weighted by molar-refractivity contribution is 7.15. The fourth-order valence-electron chi connectivity index (χ4n) is 2.93. The van der Waals surface area contributed by atoms with Crippen LogP contribution in [0, 0.1) is 0 Å². The number of hydrogen-bond donors (Lipinski definition) is 1. The smallest absolute Gasteiger partial charge is 0.341 e. The molecule has 0 unspecified atom stereocenters. The van der Waals surface area contributed by atoms with Crippen LogP contribution >= 0.6 is 11.3 Å². The molecule has 1 aliphatic heterocycles. The molecule has 0 bridgehead atoms. The second-order valence-electron chi connectivity index (χ2n) is 6.45. The molecule has 2 aromatic heterocycles. The summed E-state index contributed by atoms with van der Waals surface area (Å²) in [7, 11) is 0. The Kier molecular flexibility index (Phi) is 7.19. The molecular weight excluding hydrogens is 428 g/mol. The van der Waals surface area contributed by atoms with Crippen LogP contribution in [0.3, 0.4) is 0 Å². The first-order valence-electron chi connectivity index (χ1n) is 9.51. The van der Waals surface area contributed by atoms with E-state index >= 15 is 0 Å². The zero-order valence-electron chi connectivity index (χ0n) is 16.7. The third kappa shape index (κ3) is 5.37. The molecule has 1 saturated heterocycles. The van der Waals surface area contributed by atoms with Crippen molar-refractivity contribution in [2.24, 2.45) is 0 Å². The van der Waals surface area contributed by atoms with Crippen molar-refractivity contribution in [3.63, 3.8) is 0 Å². The van der Waals surface area contributed by atoms with Gasteiger partial charge in [-0.2, -0.15) is 0 Å². The SMILES string of the molecule is CCOC(=O)c1c(-c2ccco2)csc1NC(=O)COC(=O)CCN1C(=O)CCC1=O. The van der Waals surface area contributed by atoms with Gasteiger partial charge in [0.05, 0.1) is 19.3 Å². The number of rotatable bonds is 9. The number of nitrogens with zero attached hydrogens (tertiary/aromatic N) is 1. The van der Waals surface area contributed by atoms with Crippen molar-refractivity contribution in [2.75, 3.05) is 25.1 Å². The summed E-state index contributed by atoms with van der Waals surface area (Å²) in [5.74, 6) is -2.21. The fraction of sp³-hybridized carbons (Fsp3) is 0.350. The van der Waals surface area contributed by atoms with Gasteiger partial charge in [-0.1, -0.05) is 0 Å². The van der Waals surface area contributed by atoms with Gasteiger partial charge in [0, 0.05) is 30.3 Å². The Morgan fingerprint density at radius 1 is 1.19 bits per heavy atom. The molecule has 3 amide bonds. The molecule has 0 aromatic carbocycles. The molecule has 1 N–H and O–H groups in total. The lowest BCUT2D eigenvalue weighted by molar-refractivity contribution is -0.148. The molecule has 164 valence electrons. The average Bonchev–Trinajstić information content (AvgIpc) is 3.46. The van der Waals surface area contributed by atoms with E-state index in [4.69, 9.17) is 13.9 Å². The Balaban J connectivity index is 1.57. The number of amides is 3. The molecule has 31 heavy (non-hydrogen) atoms. The molecule has 3 rings (SSSR count).